The summed E-state index contributed by atoms with van der Waals surface area (Å²) in [5.41, 5.74) is 31.1. The SMILES string of the molecule is CC(CC(c1ccc(-c2ccc3c(c2)C2(c4ccccc4-3)c3ccccc3-c3ccc(-c4ccc(N(c5ccc6c(c5)C(C)(C)c5ccccc5-6)c5ccc6c(c5)C(C)(C)c5ccccc5-6)cc4)cc32)cc1)C(C)C(C)(C)C)C(C)(C)C. The van der Waals surface area contributed by atoms with Gasteiger partial charge in [0.15, 0.2) is 0 Å². The summed E-state index contributed by atoms with van der Waals surface area (Å²) >= 11 is 0. The highest BCUT2D eigenvalue weighted by Crippen LogP contribution is 2.64. The highest BCUT2D eigenvalue weighted by Gasteiger charge is 2.52. The topological polar surface area (TPSA) is 3.24 Å². The Balaban J connectivity index is 0.871. The van der Waals surface area contributed by atoms with Gasteiger partial charge in [-0.25, -0.2) is 0 Å². The fourth-order valence-electron chi connectivity index (χ4n) is 15.3. The van der Waals surface area contributed by atoms with Gasteiger partial charge in [-0.1, -0.05) is 253 Å². The monoisotopic (exact) mass is 1060 g/mol. The standard InChI is InChI=1S/C81H77N/c1-50(77(3,4)5)45-68(51(2)78(6,7)8)54-31-29-52(30-32-54)55-35-41-66-62-23-15-19-27-71(62)81(75(66)46-55)72-28-20-16-24-63(72)67-42-36-56(47-76(67)81)53-33-37-57(38-34-53)82(58-39-43-64-60-21-13-17-25-69(60)79(9,10)73(64)48-58)59-40-44-65-61-22-14-18-26-70(61)80(11,12)74(65)49-59/h13-44,46-51,68H,45H2,1-12H3. The van der Waals surface area contributed by atoms with Crippen LogP contribution in [0.25, 0.3) is 66.8 Å². The van der Waals surface area contributed by atoms with Crippen molar-refractivity contribution in [2.75, 3.05) is 4.90 Å². The van der Waals surface area contributed by atoms with Crippen molar-refractivity contribution in [2.24, 2.45) is 22.7 Å². The fraction of sp³-hybridized carbons (Fsp3) is 0.259. The molecule has 406 valence electrons. The van der Waals surface area contributed by atoms with E-state index in [1.165, 1.54) is 123 Å². The Labute approximate surface area is 488 Å². The van der Waals surface area contributed by atoms with Crippen LogP contribution in [0.2, 0.25) is 0 Å². The van der Waals surface area contributed by atoms with Crippen LogP contribution in [0.4, 0.5) is 17.1 Å². The summed E-state index contributed by atoms with van der Waals surface area (Å²) in [7, 11) is 0. The summed E-state index contributed by atoms with van der Waals surface area (Å²) < 4.78 is 0. The Morgan fingerprint density at radius 3 is 1.10 bits per heavy atom. The van der Waals surface area contributed by atoms with E-state index < -0.39 is 5.41 Å². The lowest BCUT2D eigenvalue weighted by Crippen LogP contribution is -2.28. The zero-order valence-electron chi connectivity index (χ0n) is 50.2. The van der Waals surface area contributed by atoms with Crippen LogP contribution in [0, 0.1) is 22.7 Å². The molecule has 0 heterocycles. The van der Waals surface area contributed by atoms with Crippen molar-refractivity contribution in [1.29, 1.82) is 0 Å². The Morgan fingerprint density at radius 2 is 0.671 bits per heavy atom. The van der Waals surface area contributed by atoms with Crippen LogP contribution in [-0.4, -0.2) is 0 Å². The van der Waals surface area contributed by atoms with Gasteiger partial charge in [0.25, 0.3) is 0 Å². The summed E-state index contributed by atoms with van der Waals surface area (Å²) in [5.74, 6) is 1.61. The second kappa shape index (κ2) is 18.5. The summed E-state index contributed by atoms with van der Waals surface area (Å²) in [5, 5.41) is 0. The van der Waals surface area contributed by atoms with Gasteiger partial charge in [-0.2, -0.15) is 0 Å². The Morgan fingerprint density at radius 1 is 0.329 bits per heavy atom. The molecule has 0 amide bonds. The second-order valence-electron chi connectivity index (χ2n) is 27.9. The molecule has 1 spiro atoms. The zero-order valence-corrected chi connectivity index (χ0v) is 50.2. The first kappa shape index (κ1) is 52.1. The molecule has 10 aromatic rings. The summed E-state index contributed by atoms with van der Waals surface area (Å²) in [6.45, 7) is 28.9. The molecular weight excluding hydrogens is 987 g/mol. The van der Waals surface area contributed by atoms with Crippen LogP contribution >= 0.6 is 0 Å². The van der Waals surface area contributed by atoms with E-state index in [9.17, 15) is 0 Å². The van der Waals surface area contributed by atoms with E-state index in [1.807, 2.05) is 0 Å². The lowest BCUT2D eigenvalue weighted by Gasteiger charge is -2.39. The Bertz CT molecular complexity index is 4070. The molecule has 14 rings (SSSR count). The van der Waals surface area contributed by atoms with E-state index in [0.29, 0.717) is 17.8 Å². The van der Waals surface area contributed by atoms with Crippen molar-refractivity contribution in [3.8, 4) is 66.8 Å². The number of benzene rings is 10. The molecule has 0 fully saturated rings. The highest BCUT2D eigenvalue weighted by atomic mass is 15.1. The molecule has 0 aromatic heterocycles. The molecule has 10 aromatic carbocycles. The summed E-state index contributed by atoms with van der Waals surface area (Å²) in [6.07, 6.45) is 1.18. The van der Waals surface area contributed by atoms with Crippen LogP contribution in [-0.2, 0) is 16.2 Å². The van der Waals surface area contributed by atoms with Gasteiger partial charge >= 0.3 is 0 Å². The predicted octanol–water partition coefficient (Wildman–Crippen LogP) is 22.3. The Hall–Kier alpha value is -8.00. The van der Waals surface area contributed by atoms with Crippen LogP contribution < -0.4 is 4.90 Å². The first-order valence-electron chi connectivity index (χ1n) is 30.2. The lowest BCUT2D eigenvalue weighted by molar-refractivity contribution is 0.163. The number of hydrogen-bond donors (Lipinski definition) is 0. The van der Waals surface area contributed by atoms with Crippen LogP contribution in [0.3, 0.4) is 0 Å². The summed E-state index contributed by atoms with van der Waals surface area (Å²) in [6, 6.07) is 84.4. The van der Waals surface area contributed by atoms with E-state index in [2.05, 4.69) is 306 Å². The maximum Gasteiger partial charge on any atom is 0.0725 e. The van der Waals surface area contributed by atoms with Crippen LogP contribution in [0.1, 0.15) is 145 Å². The smallest absolute Gasteiger partial charge is 0.0725 e. The molecule has 82 heavy (non-hydrogen) atoms. The lowest BCUT2D eigenvalue weighted by atomic mass is 9.66. The molecule has 4 aliphatic rings. The molecule has 1 nitrogen and oxygen atoms in total. The van der Waals surface area contributed by atoms with Gasteiger partial charge in [-0.15, -0.1) is 0 Å². The third-order valence-electron chi connectivity index (χ3n) is 20.9. The molecule has 4 aliphatic carbocycles. The summed E-state index contributed by atoms with van der Waals surface area (Å²) in [4.78, 5) is 2.49. The van der Waals surface area contributed by atoms with Crippen molar-refractivity contribution in [3.63, 3.8) is 0 Å². The number of anilines is 3. The molecule has 0 radical (unpaired) electrons. The second-order valence-corrected chi connectivity index (χ2v) is 27.9. The molecule has 1 heteroatoms. The van der Waals surface area contributed by atoms with E-state index >= 15 is 0 Å². The molecular formula is C81H77N. The molecule has 4 atom stereocenters. The molecule has 0 saturated carbocycles. The normalized spacial score (nSPS) is 17.4. The van der Waals surface area contributed by atoms with E-state index in [4.69, 9.17) is 0 Å². The van der Waals surface area contributed by atoms with Gasteiger partial charge in [0, 0.05) is 27.9 Å². The number of rotatable bonds is 9. The minimum atomic E-state index is -0.487. The largest absolute Gasteiger partial charge is 0.310 e. The van der Waals surface area contributed by atoms with Gasteiger partial charge in [0.1, 0.15) is 0 Å². The van der Waals surface area contributed by atoms with Crippen molar-refractivity contribution < 1.29 is 0 Å². The van der Waals surface area contributed by atoms with Gasteiger partial charge in [-0.05, 0) is 200 Å². The average molecular weight is 1060 g/mol. The van der Waals surface area contributed by atoms with Crippen LogP contribution in [0.15, 0.2) is 218 Å². The first-order valence-corrected chi connectivity index (χ1v) is 30.2. The van der Waals surface area contributed by atoms with E-state index in [-0.39, 0.29) is 21.7 Å². The van der Waals surface area contributed by atoms with Gasteiger partial charge in [0.2, 0.25) is 0 Å². The number of fused-ring (bicyclic) bond motifs is 16. The van der Waals surface area contributed by atoms with Gasteiger partial charge < -0.3 is 4.90 Å². The first-order chi connectivity index (χ1) is 39.3. The highest BCUT2D eigenvalue weighted by molar-refractivity contribution is 5.97. The molecule has 0 aliphatic heterocycles. The van der Waals surface area contributed by atoms with Crippen molar-refractivity contribution >= 4 is 17.1 Å². The predicted molar refractivity (Wildman–Crippen MR) is 348 cm³/mol. The minimum absolute atomic E-state index is 0.128. The molecule has 0 bridgehead atoms. The molecule has 4 unspecified atom stereocenters. The quantitative estimate of drug-likeness (QED) is 0.139. The maximum atomic E-state index is 2.54. The third kappa shape index (κ3) is 7.78. The third-order valence-corrected chi connectivity index (χ3v) is 20.9. The fourth-order valence-corrected chi connectivity index (χ4v) is 15.3. The van der Waals surface area contributed by atoms with Gasteiger partial charge in [-0.3, -0.25) is 0 Å². The van der Waals surface area contributed by atoms with E-state index in [1.54, 1.807) is 0 Å². The maximum absolute atomic E-state index is 2.54. The van der Waals surface area contributed by atoms with Crippen molar-refractivity contribution in [3.05, 3.63) is 268 Å². The van der Waals surface area contributed by atoms with Gasteiger partial charge in [0.05, 0.1) is 5.41 Å². The zero-order chi connectivity index (χ0) is 56.8. The van der Waals surface area contributed by atoms with Crippen LogP contribution in [0.5, 0.6) is 0 Å². The minimum Gasteiger partial charge on any atom is -0.310 e. The molecule has 0 saturated heterocycles. The average Bonchev–Trinajstić information content (AvgIpc) is 1.68. The molecule has 0 N–H and O–H groups in total. The van der Waals surface area contributed by atoms with E-state index in [0.717, 1.165) is 17.1 Å². The number of nitrogens with zero attached hydrogens (tertiary/aromatic N) is 1. The Kier molecular flexibility index (Phi) is 11.8. The number of hydrogen-bond acceptors (Lipinski definition) is 1. The van der Waals surface area contributed by atoms with Crippen molar-refractivity contribution in [1.82, 2.24) is 0 Å². The van der Waals surface area contributed by atoms with Crippen molar-refractivity contribution in [2.45, 2.75) is 112 Å².